The molecular formula is C10H19NO. The minimum Gasteiger partial charge on any atom is -0.374 e. The summed E-state index contributed by atoms with van der Waals surface area (Å²) < 4.78 is 5.58. The fourth-order valence-electron chi connectivity index (χ4n) is 1.20. The molecule has 0 aromatic heterocycles. The Hall–Kier alpha value is -0.550. The Morgan fingerprint density at radius 2 is 1.83 bits per heavy atom. The Balaban J connectivity index is 3.79. The quantitative estimate of drug-likeness (QED) is 0.634. The second-order valence-corrected chi connectivity index (χ2v) is 3.80. The standard InChI is InChI=1S/C10H19NO/c1-8(2)7-10(5-6-11)12-9(3)4/h8-10H,5,7H2,1-4H3. The van der Waals surface area contributed by atoms with Gasteiger partial charge in [0.1, 0.15) is 0 Å². The van der Waals surface area contributed by atoms with Crippen LogP contribution in [0, 0.1) is 17.2 Å². The van der Waals surface area contributed by atoms with Gasteiger partial charge in [-0.2, -0.15) is 5.26 Å². The van der Waals surface area contributed by atoms with E-state index in [1.165, 1.54) is 0 Å². The average molecular weight is 169 g/mol. The van der Waals surface area contributed by atoms with Crippen molar-refractivity contribution in [3.63, 3.8) is 0 Å². The fourth-order valence-corrected chi connectivity index (χ4v) is 1.20. The van der Waals surface area contributed by atoms with Crippen LogP contribution in [0.25, 0.3) is 0 Å². The molecule has 12 heavy (non-hydrogen) atoms. The van der Waals surface area contributed by atoms with E-state index in [9.17, 15) is 0 Å². The number of rotatable bonds is 5. The largest absolute Gasteiger partial charge is 0.374 e. The molecule has 0 N–H and O–H groups in total. The van der Waals surface area contributed by atoms with Crippen LogP contribution in [0.15, 0.2) is 0 Å². The summed E-state index contributed by atoms with van der Waals surface area (Å²) in [5.74, 6) is 0.599. The topological polar surface area (TPSA) is 33.0 Å². The number of hydrogen-bond donors (Lipinski definition) is 0. The van der Waals surface area contributed by atoms with Crippen LogP contribution in [-0.4, -0.2) is 12.2 Å². The number of ether oxygens (including phenoxy) is 1. The zero-order valence-electron chi connectivity index (χ0n) is 8.50. The van der Waals surface area contributed by atoms with Crippen molar-refractivity contribution in [1.82, 2.24) is 0 Å². The summed E-state index contributed by atoms with van der Waals surface area (Å²) in [6.45, 7) is 8.30. The predicted octanol–water partition coefficient (Wildman–Crippen LogP) is 2.74. The van der Waals surface area contributed by atoms with Crippen LogP contribution < -0.4 is 0 Å². The van der Waals surface area contributed by atoms with Crippen molar-refractivity contribution in [3.05, 3.63) is 0 Å². The third-order valence-corrected chi connectivity index (χ3v) is 1.52. The second kappa shape index (κ2) is 6.02. The molecule has 0 spiro atoms. The summed E-state index contributed by atoms with van der Waals surface area (Å²) in [7, 11) is 0. The Labute approximate surface area is 75.5 Å². The first-order chi connectivity index (χ1) is 5.56. The van der Waals surface area contributed by atoms with E-state index in [-0.39, 0.29) is 12.2 Å². The highest BCUT2D eigenvalue weighted by Crippen LogP contribution is 2.12. The number of hydrogen-bond acceptors (Lipinski definition) is 2. The van der Waals surface area contributed by atoms with E-state index >= 15 is 0 Å². The molecule has 2 heteroatoms. The molecule has 0 rings (SSSR count). The van der Waals surface area contributed by atoms with Gasteiger partial charge in [-0.25, -0.2) is 0 Å². The lowest BCUT2D eigenvalue weighted by Gasteiger charge is -2.19. The smallest absolute Gasteiger partial charge is 0.0710 e. The summed E-state index contributed by atoms with van der Waals surface area (Å²) in [5, 5.41) is 8.53. The lowest BCUT2D eigenvalue weighted by atomic mass is 10.0. The molecule has 1 unspecified atom stereocenters. The van der Waals surface area contributed by atoms with Crippen LogP contribution in [-0.2, 0) is 4.74 Å². The maximum atomic E-state index is 8.53. The van der Waals surface area contributed by atoms with E-state index in [4.69, 9.17) is 10.00 Å². The third-order valence-electron chi connectivity index (χ3n) is 1.52. The molecule has 70 valence electrons. The van der Waals surface area contributed by atoms with E-state index in [1.807, 2.05) is 13.8 Å². The van der Waals surface area contributed by atoms with Gasteiger partial charge in [-0.3, -0.25) is 0 Å². The molecule has 0 amide bonds. The molecule has 1 atom stereocenters. The minimum atomic E-state index is 0.120. The van der Waals surface area contributed by atoms with Gasteiger partial charge >= 0.3 is 0 Å². The third kappa shape index (κ3) is 6.18. The molecule has 2 nitrogen and oxygen atoms in total. The molecule has 0 aliphatic rings. The normalized spacial score (nSPS) is 13.4. The van der Waals surface area contributed by atoms with Crippen LogP contribution in [0.5, 0.6) is 0 Å². The van der Waals surface area contributed by atoms with Crippen molar-refractivity contribution < 1.29 is 4.74 Å². The predicted molar refractivity (Wildman–Crippen MR) is 49.7 cm³/mol. The molecule has 0 saturated heterocycles. The molecular weight excluding hydrogens is 150 g/mol. The van der Waals surface area contributed by atoms with Crippen molar-refractivity contribution in [1.29, 1.82) is 5.26 Å². The minimum absolute atomic E-state index is 0.120. The van der Waals surface area contributed by atoms with Crippen molar-refractivity contribution in [2.75, 3.05) is 0 Å². The molecule has 0 aromatic carbocycles. The molecule has 0 bridgehead atoms. The Morgan fingerprint density at radius 3 is 2.17 bits per heavy atom. The highest BCUT2D eigenvalue weighted by molar-refractivity contribution is 4.77. The summed E-state index contributed by atoms with van der Waals surface area (Å²) in [4.78, 5) is 0. The molecule has 0 aromatic rings. The second-order valence-electron chi connectivity index (χ2n) is 3.80. The van der Waals surface area contributed by atoms with Crippen LogP contribution in [0.3, 0.4) is 0 Å². The van der Waals surface area contributed by atoms with Gasteiger partial charge in [0, 0.05) is 0 Å². The SMILES string of the molecule is CC(C)CC(CC#N)OC(C)C. The van der Waals surface area contributed by atoms with Gasteiger partial charge in [0.05, 0.1) is 24.7 Å². The Bertz CT molecular complexity index is 136. The lowest BCUT2D eigenvalue weighted by molar-refractivity contribution is -0.000251. The first-order valence-corrected chi connectivity index (χ1v) is 4.58. The zero-order valence-corrected chi connectivity index (χ0v) is 8.50. The Kier molecular flexibility index (Phi) is 5.74. The number of nitriles is 1. The molecule has 0 radical (unpaired) electrons. The van der Waals surface area contributed by atoms with E-state index < -0.39 is 0 Å². The van der Waals surface area contributed by atoms with E-state index in [2.05, 4.69) is 19.9 Å². The van der Waals surface area contributed by atoms with E-state index in [0.717, 1.165) is 6.42 Å². The molecule has 0 aliphatic heterocycles. The van der Waals surface area contributed by atoms with Crippen molar-refractivity contribution in [2.45, 2.75) is 52.7 Å². The molecule has 0 aliphatic carbocycles. The van der Waals surface area contributed by atoms with Gasteiger partial charge in [-0.15, -0.1) is 0 Å². The molecule has 0 saturated carbocycles. The maximum absolute atomic E-state index is 8.53. The van der Waals surface area contributed by atoms with Crippen LogP contribution in [0.2, 0.25) is 0 Å². The van der Waals surface area contributed by atoms with Crippen LogP contribution in [0.4, 0.5) is 0 Å². The van der Waals surface area contributed by atoms with E-state index in [1.54, 1.807) is 0 Å². The zero-order chi connectivity index (χ0) is 9.56. The van der Waals surface area contributed by atoms with Gasteiger partial charge in [-0.05, 0) is 26.2 Å². The lowest BCUT2D eigenvalue weighted by Crippen LogP contribution is -2.19. The number of nitrogens with zero attached hydrogens (tertiary/aromatic N) is 1. The first kappa shape index (κ1) is 11.4. The summed E-state index contributed by atoms with van der Waals surface area (Å²) >= 11 is 0. The molecule has 0 fully saturated rings. The highest BCUT2D eigenvalue weighted by Gasteiger charge is 2.12. The monoisotopic (exact) mass is 169 g/mol. The van der Waals surface area contributed by atoms with Crippen molar-refractivity contribution in [2.24, 2.45) is 5.92 Å². The van der Waals surface area contributed by atoms with Crippen LogP contribution in [0.1, 0.15) is 40.5 Å². The van der Waals surface area contributed by atoms with Gasteiger partial charge in [0.15, 0.2) is 0 Å². The highest BCUT2D eigenvalue weighted by atomic mass is 16.5. The van der Waals surface area contributed by atoms with Gasteiger partial charge < -0.3 is 4.74 Å². The van der Waals surface area contributed by atoms with Crippen molar-refractivity contribution >= 4 is 0 Å². The summed E-state index contributed by atoms with van der Waals surface area (Å²) in [6.07, 6.45) is 1.83. The first-order valence-electron chi connectivity index (χ1n) is 4.58. The van der Waals surface area contributed by atoms with Gasteiger partial charge in [-0.1, -0.05) is 13.8 Å². The van der Waals surface area contributed by atoms with Crippen LogP contribution >= 0.6 is 0 Å². The van der Waals surface area contributed by atoms with Gasteiger partial charge in [0.2, 0.25) is 0 Å². The Morgan fingerprint density at radius 1 is 1.25 bits per heavy atom. The van der Waals surface area contributed by atoms with E-state index in [0.29, 0.717) is 12.3 Å². The van der Waals surface area contributed by atoms with Gasteiger partial charge in [0.25, 0.3) is 0 Å². The summed E-state index contributed by atoms with van der Waals surface area (Å²) in [6, 6.07) is 2.15. The maximum Gasteiger partial charge on any atom is 0.0710 e. The molecule has 0 heterocycles. The average Bonchev–Trinajstić information content (AvgIpc) is 1.84. The fraction of sp³-hybridized carbons (Fsp3) is 0.900. The van der Waals surface area contributed by atoms with Crippen molar-refractivity contribution in [3.8, 4) is 6.07 Å². The summed E-state index contributed by atoms with van der Waals surface area (Å²) in [5.41, 5.74) is 0.